The number of nitrogens with one attached hydrogen (secondary N) is 1. The Kier molecular flexibility index (Phi) is 7.67. The maximum Gasteiger partial charge on any atom is 0.261 e. The van der Waals surface area contributed by atoms with Crippen LogP contribution < -0.4 is 10.1 Å². The van der Waals surface area contributed by atoms with Crippen LogP contribution in [-0.2, 0) is 16.1 Å². The molecule has 2 aromatic carbocycles. The first-order chi connectivity index (χ1) is 13.0. The molecule has 0 saturated heterocycles. The van der Waals surface area contributed by atoms with E-state index in [4.69, 9.17) is 16.3 Å². The Hall–Kier alpha value is -2.53. The van der Waals surface area contributed by atoms with Gasteiger partial charge in [-0.05, 0) is 42.7 Å². The molecule has 1 atom stereocenters. The molecule has 0 unspecified atom stereocenters. The van der Waals surface area contributed by atoms with Crippen molar-refractivity contribution in [2.75, 3.05) is 13.7 Å². The molecule has 144 valence electrons. The minimum absolute atomic E-state index is 0.133. The molecule has 0 heterocycles. The Morgan fingerprint density at radius 3 is 2.41 bits per heavy atom. The van der Waals surface area contributed by atoms with Gasteiger partial charge in [0, 0.05) is 18.6 Å². The van der Waals surface area contributed by atoms with Crippen LogP contribution in [0.25, 0.3) is 0 Å². The van der Waals surface area contributed by atoms with Crippen LogP contribution in [0.2, 0.25) is 5.02 Å². The number of likely N-dealkylation sites (N-methyl/N-ethyl adjacent to an activating group) is 1. The maximum absolute atomic E-state index is 12.9. The highest BCUT2D eigenvalue weighted by Gasteiger charge is 2.28. The normalized spacial score (nSPS) is 11.6. The van der Waals surface area contributed by atoms with Crippen molar-refractivity contribution in [1.82, 2.24) is 10.2 Å². The molecular formula is C21H25ClN2O3. The van der Waals surface area contributed by atoms with E-state index in [1.54, 1.807) is 24.1 Å². The zero-order valence-electron chi connectivity index (χ0n) is 15.9. The number of carbonyl (C=O) groups excluding carboxylic acids is 2. The second-order valence-corrected chi connectivity index (χ2v) is 6.68. The number of aryl methyl sites for hydroxylation is 1. The van der Waals surface area contributed by atoms with Gasteiger partial charge in [-0.3, -0.25) is 9.59 Å². The molecule has 6 heteroatoms. The molecule has 0 aliphatic carbocycles. The first kappa shape index (κ1) is 20.8. The van der Waals surface area contributed by atoms with Crippen molar-refractivity contribution in [3.63, 3.8) is 0 Å². The average molecular weight is 389 g/mol. The molecule has 0 bridgehead atoms. The quantitative estimate of drug-likeness (QED) is 0.751. The van der Waals surface area contributed by atoms with E-state index in [0.29, 0.717) is 23.7 Å². The number of carbonyl (C=O) groups is 2. The third-order valence-corrected chi connectivity index (χ3v) is 4.60. The van der Waals surface area contributed by atoms with Gasteiger partial charge in [0.05, 0.1) is 0 Å². The van der Waals surface area contributed by atoms with E-state index >= 15 is 0 Å². The highest BCUT2D eigenvalue weighted by Crippen LogP contribution is 2.18. The summed E-state index contributed by atoms with van der Waals surface area (Å²) < 4.78 is 5.70. The van der Waals surface area contributed by atoms with E-state index < -0.39 is 6.04 Å². The summed E-state index contributed by atoms with van der Waals surface area (Å²) in [6.07, 6.45) is 0.503. The number of ether oxygens (including phenoxy) is 1. The molecule has 0 aromatic heterocycles. The molecule has 5 nitrogen and oxygen atoms in total. The van der Waals surface area contributed by atoms with E-state index in [-0.39, 0.29) is 18.4 Å². The minimum Gasteiger partial charge on any atom is -0.484 e. The minimum atomic E-state index is -0.571. The summed E-state index contributed by atoms with van der Waals surface area (Å²) in [6.45, 7) is 3.97. The summed E-state index contributed by atoms with van der Waals surface area (Å²) in [5, 5.41) is 3.26. The molecular weight excluding hydrogens is 364 g/mol. The van der Waals surface area contributed by atoms with Crippen molar-refractivity contribution >= 4 is 23.4 Å². The molecule has 0 radical (unpaired) electrons. The highest BCUT2D eigenvalue weighted by molar-refractivity contribution is 6.30. The van der Waals surface area contributed by atoms with Crippen molar-refractivity contribution in [1.29, 1.82) is 0 Å². The molecule has 0 fully saturated rings. The van der Waals surface area contributed by atoms with E-state index in [2.05, 4.69) is 5.32 Å². The third kappa shape index (κ3) is 5.73. The lowest BCUT2D eigenvalue weighted by Gasteiger charge is -2.30. The van der Waals surface area contributed by atoms with Crippen LogP contribution in [0.3, 0.4) is 0 Å². The maximum atomic E-state index is 12.9. The lowest BCUT2D eigenvalue weighted by molar-refractivity contribution is -0.142. The van der Waals surface area contributed by atoms with Crippen LogP contribution in [0.1, 0.15) is 24.5 Å². The van der Waals surface area contributed by atoms with E-state index in [1.807, 2.05) is 50.2 Å². The van der Waals surface area contributed by atoms with Crippen LogP contribution in [0, 0.1) is 6.92 Å². The highest BCUT2D eigenvalue weighted by atomic mass is 35.5. The first-order valence-corrected chi connectivity index (χ1v) is 9.28. The van der Waals surface area contributed by atoms with E-state index in [0.717, 1.165) is 11.1 Å². The number of halogens is 1. The lowest BCUT2D eigenvalue weighted by atomic mass is 10.1. The number of nitrogens with zero attached hydrogens (tertiary/aromatic N) is 1. The fourth-order valence-electron chi connectivity index (χ4n) is 2.81. The lowest BCUT2D eigenvalue weighted by Crippen LogP contribution is -2.49. The summed E-state index contributed by atoms with van der Waals surface area (Å²) >= 11 is 5.94. The van der Waals surface area contributed by atoms with Gasteiger partial charge in [0.15, 0.2) is 6.61 Å². The van der Waals surface area contributed by atoms with E-state index in [9.17, 15) is 9.59 Å². The van der Waals surface area contributed by atoms with Crippen LogP contribution in [0.4, 0.5) is 0 Å². The Labute approximate surface area is 165 Å². The summed E-state index contributed by atoms with van der Waals surface area (Å²) in [7, 11) is 1.57. The van der Waals surface area contributed by atoms with Gasteiger partial charge >= 0.3 is 0 Å². The number of benzene rings is 2. The molecule has 1 N–H and O–H groups in total. The Balaban J connectivity index is 2.19. The number of amides is 2. The van der Waals surface area contributed by atoms with Gasteiger partial charge in [-0.25, -0.2) is 0 Å². The molecule has 0 saturated carbocycles. The second-order valence-electron chi connectivity index (χ2n) is 6.24. The van der Waals surface area contributed by atoms with Crippen molar-refractivity contribution in [3.8, 4) is 5.75 Å². The Morgan fingerprint density at radius 1 is 1.15 bits per heavy atom. The number of para-hydroxylation sites is 1. The van der Waals surface area contributed by atoms with Crippen molar-refractivity contribution in [3.05, 3.63) is 64.7 Å². The van der Waals surface area contributed by atoms with Crippen LogP contribution >= 0.6 is 11.6 Å². The first-order valence-electron chi connectivity index (χ1n) is 8.90. The molecule has 27 heavy (non-hydrogen) atoms. The SMILES string of the molecule is CC[C@@H](C(=O)NC)N(Cc1ccc(Cl)cc1)C(=O)COc1ccccc1C. The van der Waals surface area contributed by atoms with Gasteiger partial charge in [-0.1, -0.05) is 48.9 Å². The van der Waals surface area contributed by atoms with Crippen LogP contribution in [0.15, 0.2) is 48.5 Å². The van der Waals surface area contributed by atoms with Crippen LogP contribution in [-0.4, -0.2) is 36.4 Å². The molecule has 2 aromatic rings. The zero-order valence-corrected chi connectivity index (χ0v) is 16.6. The summed E-state index contributed by atoms with van der Waals surface area (Å²) in [6, 6.07) is 14.2. The smallest absolute Gasteiger partial charge is 0.261 e. The zero-order chi connectivity index (χ0) is 19.8. The molecule has 0 spiro atoms. The topological polar surface area (TPSA) is 58.6 Å². The van der Waals surface area contributed by atoms with Crippen LogP contribution in [0.5, 0.6) is 5.75 Å². The molecule has 2 amide bonds. The van der Waals surface area contributed by atoms with Gasteiger partial charge in [0.25, 0.3) is 5.91 Å². The molecule has 0 aliphatic heterocycles. The van der Waals surface area contributed by atoms with Gasteiger partial charge in [-0.15, -0.1) is 0 Å². The predicted molar refractivity (Wildman–Crippen MR) is 107 cm³/mol. The Bertz CT molecular complexity index is 777. The number of hydrogen-bond donors (Lipinski definition) is 1. The van der Waals surface area contributed by atoms with Gasteiger partial charge in [0.2, 0.25) is 5.91 Å². The molecule has 2 rings (SSSR count). The second kappa shape index (κ2) is 9.97. The largest absolute Gasteiger partial charge is 0.484 e. The van der Waals surface area contributed by atoms with Crippen molar-refractivity contribution < 1.29 is 14.3 Å². The van der Waals surface area contributed by atoms with Gasteiger partial charge in [0.1, 0.15) is 11.8 Å². The van der Waals surface area contributed by atoms with Crippen molar-refractivity contribution in [2.24, 2.45) is 0 Å². The summed E-state index contributed by atoms with van der Waals surface area (Å²) in [5.41, 5.74) is 1.85. The monoisotopic (exact) mass is 388 g/mol. The average Bonchev–Trinajstić information content (AvgIpc) is 2.68. The van der Waals surface area contributed by atoms with E-state index in [1.165, 1.54) is 0 Å². The predicted octanol–water partition coefficient (Wildman–Crippen LogP) is 3.58. The fourth-order valence-corrected chi connectivity index (χ4v) is 2.94. The number of rotatable bonds is 8. The van der Waals surface area contributed by atoms with Crippen molar-refractivity contribution in [2.45, 2.75) is 32.9 Å². The van der Waals surface area contributed by atoms with Gasteiger partial charge < -0.3 is 15.0 Å². The molecule has 0 aliphatic rings. The fraction of sp³-hybridized carbons (Fsp3) is 0.333. The van der Waals surface area contributed by atoms with Gasteiger partial charge in [-0.2, -0.15) is 0 Å². The summed E-state index contributed by atoms with van der Waals surface area (Å²) in [4.78, 5) is 26.8. The standard InChI is InChI=1S/C21H25ClN2O3/c1-4-18(21(26)23-3)24(13-16-9-11-17(22)12-10-16)20(25)14-27-19-8-6-5-7-15(19)2/h5-12,18H,4,13-14H2,1-3H3,(H,23,26)/t18-/m0/s1. The summed E-state index contributed by atoms with van der Waals surface area (Å²) in [5.74, 6) is 0.213. The Morgan fingerprint density at radius 2 is 1.81 bits per heavy atom. The third-order valence-electron chi connectivity index (χ3n) is 4.34. The number of hydrogen-bond acceptors (Lipinski definition) is 3.